The SMILES string of the molecule is Cl.O=C(NCCCCCOCC12CC3CC(CC(C3)C1)C2)[C@@H]1[C@H](O)[C@@H](O)[C@H](CO)N1CCCCCOCC12CC3CC(CC(C3)C1)C2. The van der Waals surface area contributed by atoms with Crippen LogP contribution in [0, 0.1) is 46.3 Å². The normalized spacial score (nSPS) is 43.0. The maximum atomic E-state index is 13.2. The first-order valence-electron chi connectivity index (χ1n) is 19.5. The molecule has 9 fully saturated rings. The highest BCUT2D eigenvalue weighted by atomic mass is 35.5. The Bertz CT molecular complexity index is 958. The standard InChI is InChI=1S/C38H64N2O6.ClH/c41-23-32-34(42)35(43)33(40(32)8-4-2-6-10-46-25-38-20-29-14-30(21-38)16-31(15-29)22-38)36(44)39-7-3-1-5-9-45-24-37-17-26-11-27(18-37)13-28(12-26)19-37;/h26-35,41-43H,1-25H2,(H,39,44);1H/t26?,27?,28?,29?,30?,31?,32-,33-,34-,35-,37?,38?;/m0./s1. The Labute approximate surface area is 289 Å². The van der Waals surface area contributed by atoms with E-state index in [0.717, 1.165) is 100 Å². The van der Waals surface area contributed by atoms with Gasteiger partial charge in [-0.2, -0.15) is 0 Å². The first-order valence-corrected chi connectivity index (χ1v) is 19.5. The summed E-state index contributed by atoms with van der Waals surface area (Å²) >= 11 is 0. The van der Waals surface area contributed by atoms with Crippen LogP contribution in [0.5, 0.6) is 0 Å². The fraction of sp³-hybridized carbons (Fsp3) is 0.974. The number of carbonyl (C=O) groups excluding carboxylic acids is 1. The lowest BCUT2D eigenvalue weighted by Gasteiger charge is -2.56. The highest BCUT2D eigenvalue weighted by Gasteiger charge is 2.52. The van der Waals surface area contributed by atoms with Crippen LogP contribution in [0.4, 0.5) is 0 Å². The monoisotopic (exact) mass is 680 g/mol. The van der Waals surface area contributed by atoms with Crippen LogP contribution < -0.4 is 5.32 Å². The lowest BCUT2D eigenvalue weighted by molar-refractivity contribution is -0.129. The van der Waals surface area contributed by atoms with E-state index in [9.17, 15) is 20.1 Å². The predicted octanol–water partition coefficient (Wildman–Crippen LogP) is 5.10. The van der Waals surface area contributed by atoms with Gasteiger partial charge in [-0.1, -0.05) is 0 Å². The molecule has 1 heterocycles. The second kappa shape index (κ2) is 15.8. The number of unbranched alkanes of at least 4 members (excludes halogenated alkanes) is 4. The van der Waals surface area contributed by atoms with E-state index in [1.165, 1.54) is 77.0 Å². The topological polar surface area (TPSA) is 111 Å². The van der Waals surface area contributed by atoms with Gasteiger partial charge in [-0.25, -0.2) is 0 Å². The molecule has 8 aliphatic carbocycles. The Morgan fingerprint density at radius 1 is 0.660 bits per heavy atom. The summed E-state index contributed by atoms with van der Waals surface area (Å²) in [5.74, 6) is 5.48. The zero-order valence-corrected chi connectivity index (χ0v) is 29.7. The van der Waals surface area contributed by atoms with Crippen LogP contribution in [0.25, 0.3) is 0 Å². The molecule has 0 aromatic rings. The van der Waals surface area contributed by atoms with Crippen LogP contribution in [0.3, 0.4) is 0 Å². The summed E-state index contributed by atoms with van der Waals surface area (Å²) in [5.41, 5.74) is 0.919. The highest BCUT2D eigenvalue weighted by molar-refractivity contribution is 5.85. The number of nitrogens with zero attached hydrogens (tertiary/aromatic N) is 1. The molecule has 8 nitrogen and oxygen atoms in total. The largest absolute Gasteiger partial charge is 0.395 e. The first kappa shape index (κ1) is 36.3. The summed E-state index contributed by atoms with van der Waals surface area (Å²) < 4.78 is 12.5. The van der Waals surface area contributed by atoms with Crippen molar-refractivity contribution >= 4 is 18.3 Å². The Morgan fingerprint density at radius 2 is 1.11 bits per heavy atom. The molecule has 9 aliphatic rings. The molecule has 9 rings (SSSR count). The molecule has 0 spiro atoms. The van der Waals surface area contributed by atoms with E-state index in [-0.39, 0.29) is 24.9 Å². The zero-order chi connectivity index (χ0) is 31.7. The lowest BCUT2D eigenvalue weighted by atomic mass is 9.50. The van der Waals surface area contributed by atoms with E-state index in [2.05, 4.69) is 5.32 Å². The molecule has 0 aromatic heterocycles. The van der Waals surface area contributed by atoms with E-state index in [1.807, 2.05) is 4.90 Å². The molecule has 9 heteroatoms. The van der Waals surface area contributed by atoms with Crippen molar-refractivity contribution in [1.82, 2.24) is 10.2 Å². The number of aliphatic hydroxyl groups excluding tert-OH is 3. The van der Waals surface area contributed by atoms with E-state index in [1.54, 1.807) is 0 Å². The number of aliphatic hydroxyl groups is 3. The van der Waals surface area contributed by atoms with Crippen molar-refractivity contribution < 1.29 is 29.6 Å². The van der Waals surface area contributed by atoms with E-state index >= 15 is 0 Å². The first-order chi connectivity index (χ1) is 22.3. The maximum absolute atomic E-state index is 13.2. The number of nitrogens with one attached hydrogen (secondary N) is 1. The minimum atomic E-state index is -1.20. The average molecular weight is 681 g/mol. The fourth-order valence-corrected chi connectivity index (χ4v) is 12.8. The molecule has 0 unspecified atom stereocenters. The number of halogens is 1. The van der Waals surface area contributed by atoms with Gasteiger partial charge in [0, 0.05) is 19.8 Å². The van der Waals surface area contributed by atoms with Crippen molar-refractivity contribution in [2.45, 2.75) is 140 Å². The number of carbonyl (C=O) groups is 1. The molecule has 4 N–H and O–H groups in total. The van der Waals surface area contributed by atoms with Gasteiger partial charge in [0.2, 0.25) is 5.91 Å². The fourth-order valence-electron chi connectivity index (χ4n) is 12.8. The molecule has 1 saturated heterocycles. The van der Waals surface area contributed by atoms with E-state index < -0.39 is 24.3 Å². The van der Waals surface area contributed by atoms with Crippen molar-refractivity contribution in [1.29, 1.82) is 0 Å². The molecule has 270 valence electrons. The quantitative estimate of drug-likeness (QED) is 0.149. The second-order valence-electron chi connectivity index (χ2n) is 17.8. The average Bonchev–Trinajstić information content (AvgIpc) is 3.24. The van der Waals surface area contributed by atoms with Gasteiger partial charge in [-0.15, -0.1) is 12.4 Å². The summed E-state index contributed by atoms with van der Waals surface area (Å²) in [6, 6.07) is -1.45. The van der Waals surface area contributed by atoms with Gasteiger partial charge in [0.1, 0.15) is 12.1 Å². The van der Waals surface area contributed by atoms with Gasteiger partial charge in [-0.05, 0) is 168 Å². The van der Waals surface area contributed by atoms with Crippen LogP contribution in [0.2, 0.25) is 0 Å². The van der Waals surface area contributed by atoms with Crippen LogP contribution in [0.15, 0.2) is 0 Å². The summed E-state index contributed by atoms with van der Waals surface area (Å²) in [5, 5.41) is 34.4. The minimum Gasteiger partial charge on any atom is -0.395 e. The van der Waals surface area contributed by atoms with Gasteiger partial charge < -0.3 is 30.1 Å². The molecule has 0 aromatic carbocycles. The van der Waals surface area contributed by atoms with Gasteiger partial charge in [0.15, 0.2) is 0 Å². The number of ether oxygens (including phenoxy) is 2. The van der Waals surface area contributed by atoms with Crippen molar-refractivity contribution in [3.63, 3.8) is 0 Å². The number of hydrogen-bond donors (Lipinski definition) is 4. The van der Waals surface area contributed by atoms with Gasteiger partial charge >= 0.3 is 0 Å². The molecule has 1 amide bonds. The summed E-state index contributed by atoms with van der Waals surface area (Å²) in [4.78, 5) is 15.0. The van der Waals surface area contributed by atoms with Gasteiger partial charge in [-0.3, -0.25) is 9.69 Å². The third-order valence-electron chi connectivity index (χ3n) is 13.9. The van der Waals surface area contributed by atoms with Crippen molar-refractivity contribution in [2.24, 2.45) is 46.3 Å². The summed E-state index contributed by atoms with van der Waals surface area (Å²) in [7, 11) is 0. The van der Waals surface area contributed by atoms with Crippen molar-refractivity contribution in [2.75, 3.05) is 46.1 Å². The number of amides is 1. The number of likely N-dealkylation sites (tertiary alicyclic amines) is 1. The van der Waals surface area contributed by atoms with Gasteiger partial charge in [0.25, 0.3) is 0 Å². The van der Waals surface area contributed by atoms with Crippen molar-refractivity contribution in [3.8, 4) is 0 Å². The van der Waals surface area contributed by atoms with Gasteiger partial charge in [0.05, 0.1) is 32.0 Å². The molecular formula is C38H65ClN2O6. The maximum Gasteiger partial charge on any atom is 0.240 e. The molecule has 0 radical (unpaired) electrons. The summed E-state index contributed by atoms with van der Waals surface area (Å²) in [6.07, 6.45) is 20.4. The lowest BCUT2D eigenvalue weighted by Crippen LogP contribution is -2.50. The molecular weight excluding hydrogens is 616 g/mol. The Kier molecular flexibility index (Phi) is 12.2. The van der Waals surface area contributed by atoms with Crippen LogP contribution in [-0.4, -0.2) is 96.5 Å². The Balaban J connectivity index is 0.00000386. The second-order valence-corrected chi connectivity index (χ2v) is 17.8. The number of rotatable bonds is 18. The Hall–Kier alpha value is -0.480. The third-order valence-corrected chi connectivity index (χ3v) is 13.9. The molecule has 1 aliphatic heterocycles. The molecule has 8 saturated carbocycles. The Morgan fingerprint density at radius 3 is 1.55 bits per heavy atom. The van der Waals surface area contributed by atoms with Crippen LogP contribution in [0.1, 0.15) is 116 Å². The van der Waals surface area contributed by atoms with Crippen LogP contribution in [-0.2, 0) is 14.3 Å². The number of hydrogen-bond acceptors (Lipinski definition) is 7. The summed E-state index contributed by atoms with van der Waals surface area (Å²) in [6.45, 7) is 4.26. The smallest absolute Gasteiger partial charge is 0.240 e. The highest BCUT2D eigenvalue weighted by Crippen LogP contribution is 2.61. The third kappa shape index (κ3) is 8.20. The van der Waals surface area contributed by atoms with Crippen molar-refractivity contribution in [3.05, 3.63) is 0 Å². The minimum absolute atomic E-state index is 0. The molecule has 8 bridgehead atoms. The van der Waals surface area contributed by atoms with E-state index in [0.29, 0.717) is 23.9 Å². The predicted molar refractivity (Wildman–Crippen MR) is 184 cm³/mol. The van der Waals surface area contributed by atoms with Crippen LogP contribution >= 0.6 is 12.4 Å². The molecule has 4 atom stereocenters. The zero-order valence-electron chi connectivity index (χ0n) is 28.9. The molecule has 47 heavy (non-hydrogen) atoms. The van der Waals surface area contributed by atoms with E-state index in [4.69, 9.17) is 9.47 Å².